The lowest BCUT2D eigenvalue weighted by molar-refractivity contribution is -0.129. The lowest BCUT2D eigenvalue weighted by Crippen LogP contribution is -2.42. The molecule has 0 saturated carbocycles. The van der Waals surface area contributed by atoms with Crippen molar-refractivity contribution in [1.82, 2.24) is 20.4 Å². The van der Waals surface area contributed by atoms with Gasteiger partial charge >= 0.3 is 0 Å². The van der Waals surface area contributed by atoms with Crippen LogP contribution < -0.4 is 10.6 Å². The lowest BCUT2D eigenvalue weighted by atomic mass is 10.2. The molecule has 1 rings (SSSR count). The average Bonchev–Trinajstić information content (AvgIpc) is 3.13. The Kier molecular flexibility index (Phi) is 15.1. The Hall–Kier alpha value is -0.570. The zero-order valence-electron chi connectivity index (χ0n) is 17.2. The summed E-state index contributed by atoms with van der Waals surface area (Å²) in [5.41, 5.74) is 0. The third-order valence-corrected chi connectivity index (χ3v) is 4.79. The van der Waals surface area contributed by atoms with Gasteiger partial charge in [-0.15, -0.1) is 24.0 Å². The van der Waals surface area contributed by atoms with E-state index >= 15 is 0 Å². The summed E-state index contributed by atoms with van der Waals surface area (Å²) in [4.78, 5) is 21.1. The van der Waals surface area contributed by atoms with Gasteiger partial charge in [0, 0.05) is 32.1 Å². The van der Waals surface area contributed by atoms with Gasteiger partial charge in [0.05, 0.1) is 6.54 Å². The van der Waals surface area contributed by atoms with Gasteiger partial charge in [-0.25, -0.2) is 0 Å². The van der Waals surface area contributed by atoms with E-state index in [0.29, 0.717) is 19.0 Å². The quantitative estimate of drug-likeness (QED) is 0.271. The zero-order chi connectivity index (χ0) is 18.5. The zero-order valence-corrected chi connectivity index (χ0v) is 19.6. The molecular weight excluding hydrogens is 441 g/mol. The van der Waals surface area contributed by atoms with Crippen LogP contribution in [0.25, 0.3) is 0 Å². The van der Waals surface area contributed by atoms with Crippen molar-refractivity contribution in [1.29, 1.82) is 0 Å². The van der Waals surface area contributed by atoms with Crippen molar-refractivity contribution in [3.05, 3.63) is 0 Å². The highest BCUT2D eigenvalue weighted by Crippen LogP contribution is 2.08. The third-order valence-electron chi connectivity index (χ3n) is 4.79. The number of nitrogens with one attached hydrogen (secondary N) is 2. The van der Waals surface area contributed by atoms with E-state index in [1.807, 2.05) is 4.90 Å². The van der Waals surface area contributed by atoms with Crippen molar-refractivity contribution in [3.63, 3.8) is 0 Å². The van der Waals surface area contributed by atoms with Gasteiger partial charge in [-0.05, 0) is 59.2 Å². The van der Waals surface area contributed by atoms with E-state index in [4.69, 9.17) is 0 Å². The van der Waals surface area contributed by atoms with Gasteiger partial charge in [0.2, 0.25) is 5.91 Å². The summed E-state index contributed by atoms with van der Waals surface area (Å²) in [5.74, 6) is 1.07. The number of likely N-dealkylation sites (tertiary alicyclic amines) is 1. The van der Waals surface area contributed by atoms with Crippen molar-refractivity contribution < 1.29 is 4.79 Å². The van der Waals surface area contributed by atoms with Gasteiger partial charge in [-0.1, -0.05) is 13.8 Å². The van der Waals surface area contributed by atoms with E-state index in [0.717, 1.165) is 64.5 Å². The number of halogens is 1. The fourth-order valence-electron chi connectivity index (χ4n) is 3.17. The number of carbonyl (C=O) groups is 1. The molecule has 1 saturated heterocycles. The molecule has 7 heteroatoms. The number of aliphatic imine (C=N–C) groups is 1. The van der Waals surface area contributed by atoms with Gasteiger partial charge in [-0.2, -0.15) is 0 Å². The predicted molar refractivity (Wildman–Crippen MR) is 121 cm³/mol. The SMILES string of the molecule is CCNC(=NCCC(=O)N1CCCC1)NC(C)CCCN(CC)CC.I. The molecule has 0 bridgehead atoms. The van der Waals surface area contributed by atoms with E-state index < -0.39 is 0 Å². The normalized spacial score (nSPS) is 15.7. The minimum absolute atomic E-state index is 0. The van der Waals surface area contributed by atoms with Crippen LogP contribution in [-0.2, 0) is 4.79 Å². The molecule has 26 heavy (non-hydrogen) atoms. The number of guanidine groups is 1. The van der Waals surface area contributed by atoms with Crippen molar-refractivity contribution in [2.24, 2.45) is 4.99 Å². The molecule has 6 nitrogen and oxygen atoms in total. The van der Waals surface area contributed by atoms with E-state index in [1.165, 1.54) is 6.42 Å². The van der Waals surface area contributed by atoms with Crippen molar-refractivity contribution >= 4 is 35.8 Å². The molecule has 1 heterocycles. The molecule has 1 unspecified atom stereocenters. The van der Waals surface area contributed by atoms with Gasteiger partial charge in [0.1, 0.15) is 0 Å². The minimum Gasteiger partial charge on any atom is -0.357 e. The first-order chi connectivity index (χ1) is 12.1. The molecule has 0 radical (unpaired) electrons. The highest BCUT2D eigenvalue weighted by Gasteiger charge is 2.17. The number of rotatable bonds is 11. The average molecular weight is 481 g/mol. The maximum Gasteiger partial charge on any atom is 0.224 e. The van der Waals surface area contributed by atoms with Crippen LogP contribution in [0, 0.1) is 0 Å². The standard InChI is InChI=1S/C19H39N5O.HI/c1-5-20-19(21-13-12-18(25)24-15-8-9-16-24)22-17(4)11-10-14-23(6-2)7-3;/h17H,5-16H2,1-4H3,(H2,20,21,22);1H. The van der Waals surface area contributed by atoms with Gasteiger partial charge < -0.3 is 20.4 Å². The van der Waals surface area contributed by atoms with Crippen LogP contribution in [0.2, 0.25) is 0 Å². The molecule has 1 amide bonds. The summed E-state index contributed by atoms with van der Waals surface area (Å²) < 4.78 is 0. The van der Waals surface area contributed by atoms with Gasteiger partial charge in [-0.3, -0.25) is 9.79 Å². The summed E-state index contributed by atoms with van der Waals surface area (Å²) in [5, 5.41) is 6.75. The molecule has 0 aromatic carbocycles. The number of nitrogens with zero attached hydrogens (tertiary/aromatic N) is 3. The maximum absolute atomic E-state index is 12.1. The van der Waals surface area contributed by atoms with Crippen molar-refractivity contribution in [3.8, 4) is 0 Å². The Morgan fingerprint density at radius 3 is 2.42 bits per heavy atom. The molecule has 1 aliphatic heterocycles. The number of carbonyl (C=O) groups excluding carboxylic acids is 1. The Morgan fingerprint density at radius 2 is 1.85 bits per heavy atom. The maximum atomic E-state index is 12.1. The van der Waals surface area contributed by atoms with Crippen LogP contribution in [0.15, 0.2) is 4.99 Å². The molecule has 1 aliphatic rings. The highest BCUT2D eigenvalue weighted by atomic mass is 127. The number of hydrogen-bond donors (Lipinski definition) is 2. The summed E-state index contributed by atoms with van der Waals surface area (Å²) in [6.45, 7) is 15.3. The molecule has 0 spiro atoms. The second-order valence-electron chi connectivity index (χ2n) is 6.81. The fourth-order valence-corrected chi connectivity index (χ4v) is 3.17. The first-order valence-electron chi connectivity index (χ1n) is 10.2. The van der Waals surface area contributed by atoms with Crippen LogP contribution in [0.4, 0.5) is 0 Å². The van der Waals surface area contributed by atoms with Crippen LogP contribution in [-0.4, -0.2) is 73.5 Å². The Morgan fingerprint density at radius 1 is 1.19 bits per heavy atom. The molecule has 2 N–H and O–H groups in total. The highest BCUT2D eigenvalue weighted by molar-refractivity contribution is 14.0. The third kappa shape index (κ3) is 10.5. The molecule has 0 aliphatic carbocycles. The van der Waals surface area contributed by atoms with Crippen LogP contribution in [0.1, 0.15) is 59.8 Å². The molecule has 0 aromatic rings. The summed E-state index contributed by atoms with van der Waals surface area (Å²) >= 11 is 0. The Balaban J connectivity index is 0.00000625. The lowest BCUT2D eigenvalue weighted by Gasteiger charge is -2.21. The molecule has 1 atom stereocenters. The van der Waals surface area contributed by atoms with E-state index in [1.54, 1.807) is 0 Å². The number of amides is 1. The fraction of sp³-hybridized carbons (Fsp3) is 0.895. The predicted octanol–water partition coefficient (Wildman–Crippen LogP) is 2.68. The number of hydrogen-bond acceptors (Lipinski definition) is 3. The largest absolute Gasteiger partial charge is 0.357 e. The summed E-state index contributed by atoms with van der Waals surface area (Å²) in [7, 11) is 0. The van der Waals surface area contributed by atoms with Crippen LogP contribution >= 0.6 is 24.0 Å². The monoisotopic (exact) mass is 481 g/mol. The molecule has 154 valence electrons. The van der Waals surface area contributed by atoms with E-state index in [9.17, 15) is 4.79 Å². The topological polar surface area (TPSA) is 60.0 Å². The smallest absolute Gasteiger partial charge is 0.224 e. The first-order valence-corrected chi connectivity index (χ1v) is 10.2. The molecule has 0 aromatic heterocycles. The second kappa shape index (κ2) is 15.5. The van der Waals surface area contributed by atoms with Crippen molar-refractivity contribution in [2.75, 3.05) is 45.8 Å². The van der Waals surface area contributed by atoms with Crippen LogP contribution in [0.3, 0.4) is 0 Å². The second-order valence-corrected chi connectivity index (χ2v) is 6.81. The Bertz CT molecular complexity index is 395. The van der Waals surface area contributed by atoms with Gasteiger partial charge in [0.15, 0.2) is 5.96 Å². The molecular formula is C19H40IN5O. The minimum atomic E-state index is 0. The first kappa shape index (κ1) is 25.4. The van der Waals surface area contributed by atoms with Crippen LogP contribution in [0.5, 0.6) is 0 Å². The summed E-state index contributed by atoms with van der Waals surface area (Å²) in [6, 6.07) is 0.377. The molecule has 1 fully saturated rings. The van der Waals surface area contributed by atoms with Gasteiger partial charge in [0.25, 0.3) is 0 Å². The van der Waals surface area contributed by atoms with Crippen molar-refractivity contribution in [2.45, 2.75) is 65.8 Å². The van der Waals surface area contributed by atoms with E-state index in [-0.39, 0.29) is 29.9 Å². The Labute approximate surface area is 177 Å². The summed E-state index contributed by atoms with van der Waals surface area (Å²) in [6.07, 6.45) is 5.09. The van der Waals surface area contributed by atoms with E-state index in [2.05, 4.69) is 48.2 Å².